The number of halogens is 2. The van der Waals surface area contributed by atoms with Crippen LogP contribution in [0.5, 0.6) is 5.75 Å². The van der Waals surface area contributed by atoms with E-state index in [4.69, 9.17) is 16.3 Å². The van der Waals surface area contributed by atoms with Gasteiger partial charge in [-0.3, -0.25) is 0 Å². The Labute approximate surface area is 104 Å². The molecule has 0 aromatic heterocycles. The molecule has 16 heavy (non-hydrogen) atoms. The van der Waals surface area contributed by atoms with Crippen molar-refractivity contribution in [3.8, 4) is 5.75 Å². The first-order valence-electron chi connectivity index (χ1n) is 5.40. The Morgan fingerprint density at radius 2 is 2.06 bits per heavy atom. The summed E-state index contributed by atoms with van der Waals surface area (Å²) in [7, 11) is 1.49. The van der Waals surface area contributed by atoms with E-state index < -0.39 is 0 Å². The normalized spacial score (nSPS) is 16.7. The number of hydrogen-bond acceptors (Lipinski definition) is 2. The molecule has 0 atom stereocenters. The Morgan fingerprint density at radius 3 is 2.69 bits per heavy atom. The summed E-state index contributed by atoms with van der Waals surface area (Å²) in [6.07, 6.45) is 4.86. The van der Waals surface area contributed by atoms with Gasteiger partial charge in [0.15, 0.2) is 0 Å². The molecular weight excluding hydrogens is 247 g/mol. The van der Waals surface area contributed by atoms with Gasteiger partial charge in [-0.05, 0) is 18.9 Å². The van der Waals surface area contributed by atoms with E-state index in [9.17, 15) is 4.39 Å². The van der Waals surface area contributed by atoms with Crippen molar-refractivity contribution < 1.29 is 9.13 Å². The maximum absolute atomic E-state index is 13.7. The van der Waals surface area contributed by atoms with Crippen molar-refractivity contribution in [1.29, 1.82) is 0 Å². The highest BCUT2D eigenvalue weighted by atomic mass is 35.5. The summed E-state index contributed by atoms with van der Waals surface area (Å²) in [4.78, 5) is 0.637. The molecular formula is C12H14ClFOS. The van der Waals surface area contributed by atoms with Crippen LogP contribution < -0.4 is 4.74 Å². The first-order valence-corrected chi connectivity index (χ1v) is 6.66. The summed E-state index contributed by atoms with van der Waals surface area (Å²) in [5.41, 5.74) is 0. The average molecular weight is 261 g/mol. The van der Waals surface area contributed by atoms with E-state index in [-0.39, 0.29) is 5.82 Å². The second kappa shape index (κ2) is 5.28. The Hall–Kier alpha value is -0.410. The molecule has 0 amide bonds. The molecule has 0 saturated heterocycles. The molecule has 1 aromatic carbocycles. The van der Waals surface area contributed by atoms with E-state index in [1.54, 1.807) is 17.8 Å². The van der Waals surface area contributed by atoms with E-state index in [2.05, 4.69) is 0 Å². The van der Waals surface area contributed by atoms with Crippen LogP contribution in [0, 0.1) is 5.82 Å². The lowest BCUT2D eigenvalue weighted by Gasteiger charge is -2.11. The fourth-order valence-corrected chi connectivity index (χ4v) is 3.53. The van der Waals surface area contributed by atoms with Crippen LogP contribution in [0.1, 0.15) is 25.7 Å². The summed E-state index contributed by atoms with van der Waals surface area (Å²) in [6.45, 7) is 0. The quantitative estimate of drug-likeness (QED) is 0.790. The summed E-state index contributed by atoms with van der Waals surface area (Å²) in [6, 6.07) is 3.03. The molecule has 1 saturated carbocycles. The third-order valence-electron chi connectivity index (χ3n) is 2.80. The van der Waals surface area contributed by atoms with Crippen molar-refractivity contribution in [2.24, 2.45) is 0 Å². The van der Waals surface area contributed by atoms with Crippen LogP contribution in [0.4, 0.5) is 4.39 Å². The summed E-state index contributed by atoms with van der Waals surface area (Å²) in [5.74, 6) is 0.160. The lowest BCUT2D eigenvalue weighted by molar-refractivity contribution is 0.410. The molecule has 0 heterocycles. The molecule has 4 heteroatoms. The maximum Gasteiger partial charge on any atom is 0.140 e. The van der Waals surface area contributed by atoms with Gasteiger partial charge < -0.3 is 4.74 Å². The molecule has 1 aliphatic rings. The van der Waals surface area contributed by atoms with Crippen LogP contribution in [0.2, 0.25) is 5.02 Å². The van der Waals surface area contributed by atoms with Crippen molar-refractivity contribution in [1.82, 2.24) is 0 Å². The minimum absolute atomic E-state index is 0.238. The van der Waals surface area contributed by atoms with Gasteiger partial charge in [0.1, 0.15) is 11.6 Å². The second-order valence-electron chi connectivity index (χ2n) is 3.94. The fourth-order valence-electron chi connectivity index (χ4n) is 1.94. The van der Waals surface area contributed by atoms with Gasteiger partial charge >= 0.3 is 0 Å². The highest BCUT2D eigenvalue weighted by molar-refractivity contribution is 8.00. The van der Waals surface area contributed by atoms with Gasteiger partial charge in [0.2, 0.25) is 0 Å². The third-order valence-corrected chi connectivity index (χ3v) is 4.47. The van der Waals surface area contributed by atoms with E-state index in [0.29, 0.717) is 20.9 Å². The molecule has 0 unspecified atom stereocenters. The van der Waals surface area contributed by atoms with Crippen LogP contribution in [0.25, 0.3) is 0 Å². The monoisotopic (exact) mass is 260 g/mol. The highest BCUT2D eigenvalue weighted by Gasteiger charge is 2.19. The van der Waals surface area contributed by atoms with Gasteiger partial charge in [0.05, 0.1) is 12.1 Å². The molecule has 88 valence electrons. The van der Waals surface area contributed by atoms with Gasteiger partial charge in [0.25, 0.3) is 0 Å². The number of hydrogen-bond donors (Lipinski definition) is 0. The van der Waals surface area contributed by atoms with Crippen molar-refractivity contribution in [3.63, 3.8) is 0 Å². The van der Waals surface area contributed by atoms with Crippen molar-refractivity contribution in [2.45, 2.75) is 35.8 Å². The van der Waals surface area contributed by atoms with E-state index >= 15 is 0 Å². The number of ether oxygens (including phenoxy) is 1. The van der Waals surface area contributed by atoms with Crippen LogP contribution in [-0.2, 0) is 0 Å². The van der Waals surface area contributed by atoms with Gasteiger partial charge in [-0.25, -0.2) is 4.39 Å². The van der Waals surface area contributed by atoms with Crippen LogP contribution in [0.15, 0.2) is 17.0 Å². The van der Waals surface area contributed by atoms with Gasteiger partial charge in [-0.1, -0.05) is 24.4 Å². The summed E-state index contributed by atoms with van der Waals surface area (Å²) in [5, 5.41) is 1.02. The predicted molar refractivity (Wildman–Crippen MR) is 66.1 cm³/mol. The molecule has 2 rings (SSSR count). The third kappa shape index (κ3) is 2.64. The first kappa shape index (κ1) is 12.1. The second-order valence-corrected chi connectivity index (χ2v) is 5.69. The lowest BCUT2D eigenvalue weighted by Crippen LogP contribution is -1.96. The Morgan fingerprint density at radius 1 is 1.38 bits per heavy atom. The largest absolute Gasteiger partial charge is 0.495 e. The SMILES string of the molecule is COc1cc(F)c(SC2CCCC2)cc1Cl. The Bertz CT molecular complexity index is 378. The molecule has 0 bridgehead atoms. The van der Waals surface area contributed by atoms with Gasteiger partial charge in [0, 0.05) is 16.2 Å². The molecule has 1 nitrogen and oxygen atoms in total. The molecule has 0 N–H and O–H groups in total. The molecule has 0 aliphatic heterocycles. The Kier molecular flexibility index (Phi) is 3.98. The summed E-state index contributed by atoms with van der Waals surface area (Å²) >= 11 is 7.58. The van der Waals surface area contributed by atoms with Crippen LogP contribution in [-0.4, -0.2) is 12.4 Å². The Balaban J connectivity index is 2.17. The van der Waals surface area contributed by atoms with E-state index in [1.807, 2.05) is 0 Å². The lowest BCUT2D eigenvalue weighted by atomic mass is 10.3. The smallest absolute Gasteiger partial charge is 0.140 e. The topological polar surface area (TPSA) is 9.23 Å². The van der Waals surface area contributed by atoms with Gasteiger partial charge in [-0.15, -0.1) is 11.8 Å². The van der Waals surface area contributed by atoms with E-state index in [1.165, 1.54) is 38.9 Å². The molecule has 0 spiro atoms. The van der Waals surface area contributed by atoms with Crippen molar-refractivity contribution in [2.75, 3.05) is 7.11 Å². The minimum Gasteiger partial charge on any atom is -0.495 e. The molecule has 1 aliphatic carbocycles. The van der Waals surface area contributed by atoms with Crippen LogP contribution in [0.3, 0.4) is 0 Å². The average Bonchev–Trinajstić information content (AvgIpc) is 2.75. The minimum atomic E-state index is -0.238. The first-order chi connectivity index (χ1) is 7.70. The zero-order chi connectivity index (χ0) is 11.5. The molecule has 1 fully saturated rings. The van der Waals surface area contributed by atoms with Crippen molar-refractivity contribution in [3.05, 3.63) is 23.0 Å². The van der Waals surface area contributed by atoms with Crippen molar-refractivity contribution >= 4 is 23.4 Å². The number of benzene rings is 1. The fraction of sp³-hybridized carbons (Fsp3) is 0.500. The molecule has 1 aromatic rings. The summed E-state index contributed by atoms with van der Waals surface area (Å²) < 4.78 is 18.7. The number of methoxy groups -OCH3 is 1. The van der Waals surface area contributed by atoms with Crippen LogP contribution >= 0.6 is 23.4 Å². The number of thioether (sulfide) groups is 1. The zero-order valence-corrected chi connectivity index (χ0v) is 10.7. The zero-order valence-electron chi connectivity index (χ0n) is 9.13. The predicted octanol–water partition coefficient (Wildman–Crippen LogP) is 4.52. The highest BCUT2D eigenvalue weighted by Crippen LogP contribution is 2.39. The van der Waals surface area contributed by atoms with Gasteiger partial charge in [-0.2, -0.15) is 0 Å². The molecule has 0 radical (unpaired) electrons. The number of rotatable bonds is 3. The maximum atomic E-state index is 13.7. The standard InChI is InChI=1S/C12H14ClFOS/c1-15-11-7-10(14)12(6-9(11)13)16-8-4-2-3-5-8/h6-8H,2-5H2,1H3. The van der Waals surface area contributed by atoms with E-state index in [0.717, 1.165) is 0 Å².